The Morgan fingerprint density at radius 1 is 1.07 bits per heavy atom. The van der Waals surface area contributed by atoms with Crippen molar-refractivity contribution >= 4 is 10.1 Å². The third kappa shape index (κ3) is 1.84. The number of rotatable bonds is 2. The van der Waals surface area contributed by atoms with Gasteiger partial charge in [-0.3, -0.25) is 4.55 Å². The van der Waals surface area contributed by atoms with Gasteiger partial charge in [0.2, 0.25) is 5.39 Å². The minimum atomic E-state index is -6.66. The summed E-state index contributed by atoms with van der Waals surface area (Å²) in [5.74, 6) is -6.59. The molecular formula is C3HF6N2O3S+. The first-order chi connectivity index (χ1) is 6.31. The molecule has 1 atom stereocenters. The first-order valence-electron chi connectivity index (χ1n) is 2.78. The van der Waals surface area contributed by atoms with Crippen molar-refractivity contribution in [1.29, 1.82) is 5.39 Å². The zero-order valence-corrected chi connectivity index (χ0v) is 7.15. The van der Waals surface area contributed by atoms with Gasteiger partial charge in [0.1, 0.15) is 0 Å². The van der Waals surface area contributed by atoms with Crippen molar-refractivity contribution in [3.05, 3.63) is 4.98 Å². The first-order valence-corrected chi connectivity index (χ1v) is 4.22. The normalized spacial score (nSPS) is 18.0. The van der Waals surface area contributed by atoms with Crippen LogP contribution < -0.4 is 0 Å². The summed E-state index contributed by atoms with van der Waals surface area (Å²) in [7, 11) is -6.61. The van der Waals surface area contributed by atoms with Gasteiger partial charge in [0.25, 0.3) is 0 Å². The summed E-state index contributed by atoms with van der Waals surface area (Å²) in [6, 6.07) is 0. The molecule has 0 saturated heterocycles. The summed E-state index contributed by atoms with van der Waals surface area (Å²) in [5, 5.41) is 1.66. The topological polar surface area (TPSA) is 82.5 Å². The molecular weight excluding hydrogens is 258 g/mol. The highest BCUT2D eigenvalue weighted by atomic mass is 32.2. The summed E-state index contributed by atoms with van der Waals surface area (Å²) >= 11 is 0. The molecule has 0 rings (SSSR count). The lowest BCUT2D eigenvalue weighted by Gasteiger charge is -2.18. The summed E-state index contributed by atoms with van der Waals surface area (Å²) in [6.07, 6.45) is -6.66. The van der Waals surface area contributed by atoms with Crippen LogP contribution in [0.4, 0.5) is 26.3 Å². The van der Waals surface area contributed by atoms with Gasteiger partial charge in [0, 0.05) is 0 Å². The third-order valence-electron chi connectivity index (χ3n) is 1.21. The minimum absolute atomic E-state index is 0.755. The Morgan fingerprint density at radius 2 is 1.40 bits per heavy atom. The van der Waals surface area contributed by atoms with Crippen LogP contribution in [-0.2, 0) is 10.1 Å². The lowest BCUT2D eigenvalue weighted by atomic mass is 10.3. The average Bonchev–Trinajstić information content (AvgIpc) is 1.98. The second kappa shape index (κ2) is 3.20. The molecule has 0 radical (unpaired) electrons. The van der Waals surface area contributed by atoms with Gasteiger partial charge in [-0.15, -0.1) is 4.39 Å². The summed E-state index contributed by atoms with van der Waals surface area (Å²) in [5.41, 5.74) is 0. The number of nitrogens with zero attached hydrogens (tertiary/aromatic N) is 2. The van der Waals surface area contributed by atoms with Crippen LogP contribution >= 0.6 is 0 Å². The van der Waals surface area contributed by atoms with Gasteiger partial charge in [-0.2, -0.15) is 30.4 Å². The molecule has 0 bridgehead atoms. The van der Waals surface area contributed by atoms with Crippen LogP contribution in [0.2, 0.25) is 0 Å². The average molecular weight is 259 g/mol. The largest absolute Gasteiger partial charge is 0.655 e. The van der Waals surface area contributed by atoms with E-state index in [1.165, 1.54) is 0 Å². The molecule has 0 heterocycles. The van der Waals surface area contributed by atoms with E-state index in [1.54, 1.807) is 0 Å². The number of diazo groups is 1. The fraction of sp³-hybridized carbons (Fsp3) is 1.00. The van der Waals surface area contributed by atoms with Gasteiger partial charge in [0.15, 0.2) is 4.98 Å². The van der Waals surface area contributed by atoms with E-state index in [1.807, 2.05) is 0 Å². The van der Waals surface area contributed by atoms with E-state index in [4.69, 9.17) is 9.95 Å². The Morgan fingerprint density at radius 3 is 1.47 bits per heavy atom. The van der Waals surface area contributed by atoms with Gasteiger partial charge < -0.3 is 0 Å². The molecule has 0 aromatic heterocycles. The smallest absolute Gasteiger partial charge is 0.277 e. The first kappa shape index (κ1) is 13.9. The maximum absolute atomic E-state index is 12.6. The Hall–Kier alpha value is -1.09. The van der Waals surface area contributed by atoms with E-state index in [-0.39, 0.29) is 0 Å². The zero-order chi connectivity index (χ0) is 12.7. The molecule has 0 aromatic rings. The monoisotopic (exact) mass is 259 g/mol. The Labute approximate surface area is 78.1 Å². The Bertz CT molecular complexity index is 395. The van der Waals surface area contributed by atoms with E-state index < -0.39 is 27.3 Å². The number of hydrogen-bond acceptors (Lipinski definition) is 3. The molecule has 0 amide bonds. The molecule has 15 heavy (non-hydrogen) atoms. The van der Waals surface area contributed by atoms with Crippen molar-refractivity contribution in [2.24, 2.45) is 0 Å². The van der Waals surface area contributed by atoms with Crippen molar-refractivity contribution in [2.45, 2.75) is 17.2 Å². The second-order valence-electron chi connectivity index (χ2n) is 2.21. The Kier molecular flexibility index (Phi) is 2.97. The molecule has 0 fully saturated rings. The molecule has 12 heteroatoms. The SMILES string of the molecule is N#[N+]C(F)(C(F)(F)C(F)(F)F)S(=O)(=O)O. The van der Waals surface area contributed by atoms with Crippen molar-refractivity contribution < 1.29 is 39.3 Å². The standard InChI is InChI=1S/C3F6N2O3S/c4-1(5,2(6,7)8)3(9,11-10)15(12,13)14/p+1. The molecule has 0 aliphatic rings. The third-order valence-corrected chi connectivity index (χ3v) is 2.24. The highest BCUT2D eigenvalue weighted by Gasteiger charge is 2.88. The summed E-state index contributed by atoms with van der Waals surface area (Å²) < 4.78 is 99.1. The summed E-state index contributed by atoms with van der Waals surface area (Å²) in [6.45, 7) is 0. The molecule has 0 aliphatic heterocycles. The second-order valence-corrected chi connectivity index (χ2v) is 3.70. The van der Waals surface area contributed by atoms with Crippen molar-refractivity contribution in [3.63, 3.8) is 0 Å². The van der Waals surface area contributed by atoms with E-state index in [0.29, 0.717) is 0 Å². The molecule has 1 N–H and O–H groups in total. The molecule has 0 aromatic carbocycles. The highest BCUT2D eigenvalue weighted by molar-refractivity contribution is 7.87. The zero-order valence-electron chi connectivity index (χ0n) is 6.33. The maximum Gasteiger partial charge on any atom is 0.655 e. The van der Waals surface area contributed by atoms with Crippen LogP contribution in [0.1, 0.15) is 0 Å². The van der Waals surface area contributed by atoms with Crippen molar-refractivity contribution in [3.8, 4) is 0 Å². The van der Waals surface area contributed by atoms with Crippen LogP contribution in [0, 0.1) is 5.39 Å². The maximum atomic E-state index is 12.6. The predicted molar refractivity (Wildman–Crippen MR) is 31.5 cm³/mol. The van der Waals surface area contributed by atoms with E-state index in [9.17, 15) is 34.8 Å². The van der Waals surface area contributed by atoms with Gasteiger partial charge >= 0.3 is 27.3 Å². The molecule has 0 aliphatic carbocycles. The fourth-order valence-electron chi connectivity index (χ4n) is 0.451. The quantitative estimate of drug-likeness (QED) is 0.353. The van der Waals surface area contributed by atoms with Crippen molar-refractivity contribution in [1.82, 2.24) is 0 Å². The van der Waals surface area contributed by atoms with Crippen LogP contribution in [0.25, 0.3) is 4.98 Å². The van der Waals surface area contributed by atoms with E-state index in [2.05, 4.69) is 0 Å². The number of alkyl halides is 6. The van der Waals surface area contributed by atoms with Gasteiger partial charge in [0.05, 0.1) is 0 Å². The molecule has 5 nitrogen and oxygen atoms in total. The number of hydrogen-bond donors (Lipinski definition) is 1. The molecule has 0 saturated carbocycles. The lowest BCUT2D eigenvalue weighted by molar-refractivity contribution is -0.305. The predicted octanol–water partition coefficient (Wildman–Crippen LogP) is 1.55. The molecule has 88 valence electrons. The number of halogens is 6. The minimum Gasteiger partial charge on any atom is -0.277 e. The molecule has 0 spiro atoms. The van der Waals surface area contributed by atoms with Crippen LogP contribution in [0.15, 0.2) is 0 Å². The van der Waals surface area contributed by atoms with Crippen molar-refractivity contribution in [2.75, 3.05) is 0 Å². The highest BCUT2D eigenvalue weighted by Crippen LogP contribution is 2.48. The lowest BCUT2D eigenvalue weighted by Crippen LogP contribution is -2.56. The fourth-order valence-corrected chi connectivity index (χ4v) is 0.994. The summed E-state index contributed by atoms with van der Waals surface area (Å²) in [4.78, 5) is 0.755. The van der Waals surface area contributed by atoms with E-state index in [0.717, 1.165) is 4.98 Å². The Balaban J connectivity index is 5.87. The van der Waals surface area contributed by atoms with Gasteiger partial charge in [-0.1, -0.05) is 0 Å². The van der Waals surface area contributed by atoms with Crippen LogP contribution in [0.3, 0.4) is 0 Å². The van der Waals surface area contributed by atoms with Crippen LogP contribution in [0.5, 0.6) is 0 Å². The van der Waals surface area contributed by atoms with Crippen LogP contribution in [-0.4, -0.2) is 30.2 Å². The molecule has 1 unspecified atom stereocenters. The van der Waals surface area contributed by atoms with E-state index >= 15 is 0 Å². The van der Waals surface area contributed by atoms with Gasteiger partial charge in [-0.05, 0) is 0 Å². The van der Waals surface area contributed by atoms with Gasteiger partial charge in [-0.25, -0.2) is 0 Å².